The summed E-state index contributed by atoms with van der Waals surface area (Å²) in [5, 5.41) is 8.53. The van der Waals surface area contributed by atoms with E-state index in [0.29, 0.717) is 0 Å². The lowest BCUT2D eigenvalue weighted by Gasteiger charge is -2.19. The van der Waals surface area contributed by atoms with Crippen molar-refractivity contribution in [2.75, 3.05) is 11.9 Å². The van der Waals surface area contributed by atoms with Crippen LogP contribution in [0.15, 0.2) is 24.3 Å². The van der Waals surface area contributed by atoms with E-state index < -0.39 is 0 Å². The minimum atomic E-state index is 0.0717. The Kier molecular flexibility index (Phi) is 3.34. The number of para-hydroxylation sites is 1. The lowest BCUT2D eigenvalue weighted by atomic mass is 10.1. The molecule has 0 amide bonds. The van der Waals surface area contributed by atoms with Crippen LogP contribution in [0, 0.1) is 19.3 Å². The Labute approximate surface area is 111 Å². The lowest BCUT2D eigenvalue weighted by molar-refractivity contribution is 1.13. The molecule has 0 saturated heterocycles. The SMILES string of the molecule is Cc1nc(N(C)c2ccccc2C(=N)N)sc1C. The van der Waals surface area contributed by atoms with Gasteiger partial charge in [-0.1, -0.05) is 12.1 Å². The fourth-order valence-corrected chi connectivity index (χ4v) is 2.58. The summed E-state index contributed by atoms with van der Waals surface area (Å²) in [5.41, 5.74) is 8.28. The first-order valence-corrected chi connectivity index (χ1v) is 6.43. The predicted molar refractivity (Wildman–Crippen MR) is 77.1 cm³/mol. The molecule has 1 heterocycles. The molecule has 0 bridgehead atoms. The standard InChI is InChI=1S/C13H16N4S/c1-8-9(2)18-13(16-8)17(3)11-7-5-4-6-10(11)12(14)15/h4-7H,1-3H3,(H3,14,15). The van der Waals surface area contributed by atoms with Crippen LogP contribution in [-0.4, -0.2) is 17.9 Å². The van der Waals surface area contributed by atoms with Gasteiger partial charge >= 0.3 is 0 Å². The smallest absolute Gasteiger partial charge is 0.190 e. The molecule has 0 unspecified atom stereocenters. The van der Waals surface area contributed by atoms with Gasteiger partial charge in [0.15, 0.2) is 5.13 Å². The second-order valence-corrected chi connectivity index (χ2v) is 5.31. The molecule has 1 aromatic carbocycles. The molecule has 0 aliphatic carbocycles. The summed E-state index contributed by atoms with van der Waals surface area (Å²) in [4.78, 5) is 7.70. The molecule has 94 valence electrons. The Bertz CT molecular complexity index is 569. The van der Waals surface area contributed by atoms with E-state index in [0.717, 1.165) is 22.1 Å². The van der Waals surface area contributed by atoms with Crippen LogP contribution in [0.25, 0.3) is 0 Å². The van der Waals surface area contributed by atoms with Crippen molar-refractivity contribution in [3.63, 3.8) is 0 Å². The van der Waals surface area contributed by atoms with E-state index in [4.69, 9.17) is 11.1 Å². The number of thiazole rings is 1. The summed E-state index contributed by atoms with van der Waals surface area (Å²) in [6.45, 7) is 4.06. The van der Waals surface area contributed by atoms with E-state index >= 15 is 0 Å². The molecule has 0 fully saturated rings. The van der Waals surface area contributed by atoms with Crippen molar-refractivity contribution in [2.24, 2.45) is 5.73 Å². The van der Waals surface area contributed by atoms with Crippen molar-refractivity contribution < 1.29 is 0 Å². The van der Waals surface area contributed by atoms with Gasteiger partial charge in [0.05, 0.1) is 11.4 Å². The average molecular weight is 260 g/mol. The normalized spacial score (nSPS) is 10.4. The van der Waals surface area contributed by atoms with Crippen LogP contribution in [0.5, 0.6) is 0 Å². The van der Waals surface area contributed by atoms with Crippen molar-refractivity contribution in [1.29, 1.82) is 5.41 Å². The fraction of sp³-hybridized carbons (Fsp3) is 0.231. The Balaban J connectivity index is 2.45. The Morgan fingerprint density at radius 3 is 2.56 bits per heavy atom. The third-order valence-electron chi connectivity index (χ3n) is 2.86. The summed E-state index contributed by atoms with van der Waals surface area (Å²) >= 11 is 1.64. The van der Waals surface area contributed by atoms with Gasteiger partial charge in [-0.3, -0.25) is 5.41 Å². The molecule has 2 rings (SSSR count). The number of aromatic nitrogens is 1. The lowest BCUT2D eigenvalue weighted by Crippen LogP contribution is -2.18. The maximum Gasteiger partial charge on any atom is 0.190 e. The van der Waals surface area contributed by atoms with Crippen LogP contribution in [0.4, 0.5) is 10.8 Å². The predicted octanol–water partition coefficient (Wildman–Crippen LogP) is 2.81. The van der Waals surface area contributed by atoms with E-state index in [1.807, 2.05) is 43.1 Å². The van der Waals surface area contributed by atoms with Gasteiger partial charge in [0.2, 0.25) is 0 Å². The Morgan fingerprint density at radius 2 is 2.00 bits per heavy atom. The first kappa shape index (κ1) is 12.6. The summed E-state index contributed by atoms with van der Waals surface area (Å²) < 4.78 is 0. The van der Waals surface area contributed by atoms with Crippen LogP contribution in [0.3, 0.4) is 0 Å². The number of nitrogen functional groups attached to an aromatic ring is 1. The van der Waals surface area contributed by atoms with E-state index in [2.05, 4.69) is 11.9 Å². The minimum Gasteiger partial charge on any atom is -0.384 e. The van der Waals surface area contributed by atoms with E-state index in [1.165, 1.54) is 4.88 Å². The number of nitrogens with one attached hydrogen (secondary N) is 1. The van der Waals surface area contributed by atoms with Crippen molar-refractivity contribution >= 4 is 28.0 Å². The van der Waals surface area contributed by atoms with E-state index in [9.17, 15) is 0 Å². The zero-order valence-corrected chi connectivity index (χ0v) is 11.5. The molecular weight excluding hydrogens is 244 g/mol. The monoisotopic (exact) mass is 260 g/mol. The highest BCUT2D eigenvalue weighted by Gasteiger charge is 2.14. The second-order valence-electron chi connectivity index (χ2n) is 4.13. The van der Waals surface area contributed by atoms with Crippen LogP contribution in [0.1, 0.15) is 16.1 Å². The van der Waals surface area contributed by atoms with Gasteiger partial charge in [0.1, 0.15) is 5.84 Å². The molecule has 2 aromatic rings. The summed E-state index contributed by atoms with van der Waals surface area (Å²) in [5.74, 6) is 0.0717. The van der Waals surface area contributed by atoms with Crippen LogP contribution < -0.4 is 10.6 Å². The van der Waals surface area contributed by atoms with Crippen LogP contribution >= 0.6 is 11.3 Å². The summed E-state index contributed by atoms with van der Waals surface area (Å²) in [6, 6.07) is 7.61. The third-order valence-corrected chi connectivity index (χ3v) is 4.01. The Morgan fingerprint density at radius 1 is 1.33 bits per heavy atom. The minimum absolute atomic E-state index is 0.0717. The molecule has 3 N–H and O–H groups in total. The number of hydrogen-bond donors (Lipinski definition) is 2. The number of aryl methyl sites for hydroxylation is 2. The highest BCUT2D eigenvalue weighted by molar-refractivity contribution is 7.15. The average Bonchev–Trinajstić information content (AvgIpc) is 2.68. The van der Waals surface area contributed by atoms with Gasteiger partial charge in [-0.05, 0) is 26.0 Å². The molecule has 0 aliphatic rings. The number of nitrogens with zero attached hydrogens (tertiary/aromatic N) is 2. The number of nitrogens with two attached hydrogens (primary N) is 1. The largest absolute Gasteiger partial charge is 0.384 e. The topological polar surface area (TPSA) is 66.0 Å². The maximum atomic E-state index is 7.61. The van der Waals surface area contributed by atoms with Crippen LogP contribution in [-0.2, 0) is 0 Å². The highest BCUT2D eigenvalue weighted by Crippen LogP contribution is 2.31. The number of hydrogen-bond acceptors (Lipinski definition) is 4. The fourth-order valence-electron chi connectivity index (χ4n) is 1.70. The first-order chi connectivity index (χ1) is 8.50. The zero-order chi connectivity index (χ0) is 13.3. The van der Waals surface area contributed by atoms with Crippen molar-refractivity contribution in [3.8, 4) is 0 Å². The Hall–Kier alpha value is -1.88. The molecule has 0 radical (unpaired) electrons. The summed E-state index contributed by atoms with van der Waals surface area (Å²) in [7, 11) is 1.94. The molecule has 18 heavy (non-hydrogen) atoms. The summed E-state index contributed by atoms with van der Waals surface area (Å²) in [6.07, 6.45) is 0. The van der Waals surface area contributed by atoms with Crippen molar-refractivity contribution in [1.82, 2.24) is 4.98 Å². The number of rotatable bonds is 3. The van der Waals surface area contributed by atoms with Gasteiger partial charge in [-0.15, -0.1) is 11.3 Å². The van der Waals surface area contributed by atoms with Gasteiger partial charge in [0.25, 0.3) is 0 Å². The van der Waals surface area contributed by atoms with Crippen molar-refractivity contribution in [3.05, 3.63) is 40.4 Å². The van der Waals surface area contributed by atoms with Gasteiger partial charge < -0.3 is 10.6 Å². The molecule has 0 atom stereocenters. The molecule has 5 heteroatoms. The number of amidine groups is 1. The number of anilines is 2. The van der Waals surface area contributed by atoms with Gasteiger partial charge in [-0.25, -0.2) is 4.98 Å². The van der Waals surface area contributed by atoms with E-state index in [-0.39, 0.29) is 5.84 Å². The molecule has 1 aromatic heterocycles. The zero-order valence-electron chi connectivity index (χ0n) is 10.7. The molecule has 0 aliphatic heterocycles. The highest BCUT2D eigenvalue weighted by atomic mass is 32.1. The molecular formula is C13H16N4S. The third kappa shape index (κ3) is 2.22. The quantitative estimate of drug-likeness (QED) is 0.658. The molecule has 0 spiro atoms. The molecule has 0 saturated carbocycles. The first-order valence-electron chi connectivity index (χ1n) is 5.62. The van der Waals surface area contributed by atoms with Crippen molar-refractivity contribution in [2.45, 2.75) is 13.8 Å². The number of benzene rings is 1. The van der Waals surface area contributed by atoms with Gasteiger partial charge in [0, 0.05) is 17.5 Å². The maximum absolute atomic E-state index is 7.61. The van der Waals surface area contributed by atoms with E-state index in [1.54, 1.807) is 11.3 Å². The van der Waals surface area contributed by atoms with Crippen LogP contribution in [0.2, 0.25) is 0 Å². The second kappa shape index (κ2) is 4.78. The molecule has 4 nitrogen and oxygen atoms in total. The van der Waals surface area contributed by atoms with Gasteiger partial charge in [-0.2, -0.15) is 0 Å².